The van der Waals surface area contributed by atoms with Crippen LogP contribution in [0.25, 0.3) is 0 Å². The Bertz CT molecular complexity index is 191. The highest BCUT2D eigenvalue weighted by molar-refractivity contribution is 6.18. The van der Waals surface area contributed by atoms with Crippen LogP contribution in [0, 0.1) is 0 Å². The van der Waals surface area contributed by atoms with Gasteiger partial charge in [0, 0.05) is 37.7 Å². The number of carbonyl (C=O) groups excluding carboxylic acids is 2. The Hall–Kier alpha value is -0.480. The fourth-order valence-corrected chi connectivity index (χ4v) is 1.31. The predicted octanol–water partition coefficient (Wildman–Crippen LogP) is 1.26. The summed E-state index contributed by atoms with van der Waals surface area (Å²) >= 11 is 10.8. The Morgan fingerprint density at radius 1 is 0.812 bits per heavy atom. The van der Waals surface area contributed by atoms with Crippen LogP contribution in [-0.2, 0) is 9.59 Å². The van der Waals surface area contributed by atoms with E-state index in [1.807, 2.05) is 0 Å². The van der Waals surface area contributed by atoms with E-state index in [0.29, 0.717) is 50.5 Å². The lowest BCUT2D eigenvalue weighted by Crippen LogP contribution is -2.26. The predicted molar refractivity (Wildman–Crippen MR) is 65.9 cm³/mol. The van der Waals surface area contributed by atoms with Crippen LogP contribution < -0.4 is 10.6 Å². The number of unbranched alkanes of at least 4 members (excludes halogenated alkanes) is 1. The smallest absolute Gasteiger partial charge is 0.220 e. The highest BCUT2D eigenvalue weighted by Gasteiger charge is 2.02. The van der Waals surface area contributed by atoms with Crippen LogP contribution in [0.15, 0.2) is 0 Å². The highest BCUT2D eigenvalue weighted by atomic mass is 35.5. The summed E-state index contributed by atoms with van der Waals surface area (Å²) in [7, 11) is 0. The van der Waals surface area contributed by atoms with Gasteiger partial charge in [0.15, 0.2) is 0 Å². The number of rotatable bonds is 9. The topological polar surface area (TPSA) is 58.2 Å². The van der Waals surface area contributed by atoms with Crippen molar-refractivity contribution in [3.8, 4) is 0 Å². The molecule has 6 heteroatoms. The van der Waals surface area contributed by atoms with Crippen molar-refractivity contribution in [2.24, 2.45) is 0 Å². The molecule has 0 aliphatic rings. The summed E-state index contributed by atoms with van der Waals surface area (Å²) in [5.74, 6) is 0.822. The maximum absolute atomic E-state index is 11.1. The lowest BCUT2D eigenvalue weighted by molar-refractivity contribution is -0.122. The summed E-state index contributed by atoms with van der Waals surface area (Å²) in [5, 5.41) is 5.33. The minimum absolute atomic E-state index is 0.0122. The van der Waals surface area contributed by atoms with Gasteiger partial charge in [0.05, 0.1) is 0 Å². The summed E-state index contributed by atoms with van der Waals surface area (Å²) in [6.07, 6.45) is 2.31. The van der Waals surface area contributed by atoms with E-state index in [4.69, 9.17) is 23.2 Å². The molecule has 0 fully saturated rings. The largest absolute Gasteiger partial charge is 0.355 e. The van der Waals surface area contributed by atoms with Crippen molar-refractivity contribution in [1.29, 1.82) is 0 Å². The monoisotopic (exact) mass is 268 g/mol. The quantitative estimate of drug-likeness (QED) is 0.489. The Kier molecular flexibility index (Phi) is 10.7. The molecule has 0 saturated heterocycles. The molecule has 0 aliphatic carbocycles. The number of halogens is 2. The average Bonchev–Trinajstić information content (AvgIpc) is 2.29. The van der Waals surface area contributed by atoms with Crippen molar-refractivity contribution in [3.05, 3.63) is 0 Å². The van der Waals surface area contributed by atoms with Gasteiger partial charge in [-0.2, -0.15) is 0 Å². The summed E-state index contributed by atoms with van der Waals surface area (Å²) in [5.41, 5.74) is 0. The molecule has 0 aromatic rings. The normalized spacial score (nSPS) is 9.88. The molecule has 0 rings (SSSR count). The molecule has 2 amide bonds. The second-order valence-corrected chi connectivity index (χ2v) is 4.04. The molecule has 0 aromatic carbocycles. The van der Waals surface area contributed by atoms with E-state index < -0.39 is 0 Å². The van der Waals surface area contributed by atoms with Gasteiger partial charge in [-0.1, -0.05) is 0 Å². The molecule has 0 radical (unpaired) electrons. The lowest BCUT2D eigenvalue weighted by atomic mass is 10.2. The van der Waals surface area contributed by atoms with Gasteiger partial charge in [-0.15, -0.1) is 23.2 Å². The third-order valence-electron chi connectivity index (χ3n) is 1.89. The molecule has 16 heavy (non-hydrogen) atoms. The molecule has 0 unspecified atom stereocenters. The van der Waals surface area contributed by atoms with Gasteiger partial charge < -0.3 is 10.6 Å². The first kappa shape index (κ1) is 15.5. The van der Waals surface area contributed by atoms with E-state index in [1.54, 1.807) is 0 Å². The van der Waals surface area contributed by atoms with Crippen LogP contribution in [0.2, 0.25) is 0 Å². The number of hydrogen-bond donors (Lipinski definition) is 2. The Labute approximate surface area is 106 Å². The zero-order chi connectivity index (χ0) is 12.2. The zero-order valence-electron chi connectivity index (χ0n) is 9.23. The van der Waals surface area contributed by atoms with Gasteiger partial charge in [0.2, 0.25) is 11.8 Å². The summed E-state index contributed by atoms with van der Waals surface area (Å²) in [4.78, 5) is 22.3. The van der Waals surface area contributed by atoms with Crippen LogP contribution in [-0.4, -0.2) is 36.7 Å². The van der Waals surface area contributed by atoms with Crippen LogP contribution in [0.3, 0.4) is 0 Å². The molecule has 2 N–H and O–H groups in total. The van der Waals surface area contributed by atoms with Crippen molar-refractivity contribution >= 4 is 35.0 Å². The first-order valence-corrected chi connectivity index (χ1v) is 6.43. The maximum Gasteiger partial charge on any atom is 0.220 e. The molecule has 0 bridgehead atoms. The summed E-state index contributed by atoms with van der Waals surface area (Å²) in [6.45, 7) is 0.993. The number of nitrogens with one attached hydrogen (secondary N) is 2. The molecule has 0 saturated carbocycles. The SMILES string of the molecule is O=C(CCCCC(=O)NCCCl)NCCCl. The van der Waals surface area contributed by atoms with Gasteiger partial charge in [-0.25, -0.2) is 0 Å². The molecule has 0 spiro atoms. The molecule has 4 nitrogen and oxygen atoms in total. The Morgan fingerprint density at radius 3 is 1.50 bits per heavy atom. The van der Waals surface area contributed by atoms with E-state index in [1.165, 1.54) is 0 Å². The molecular weight excluding hydrogens is 251 g/mol. The molecular formula is C10H18Cl2N2O2. The number of amides is 2. The first-order valence-electron chi connectivity index (χ1n) is 5.36. The third kappa shape index (κ3) is 10.1. The Balaban J connectivity index is 3.31. The van der Waals surface area contributed by atoms with Crippen LogP contribution >= 0.6 is 23.2 Å². The number of hydrogen-bond acceptors (Lipinski definition) is 2. The van der Waals surface area contributed by atoms with E-state index in [0.717, 1.165) is 0 Å². The zero-order valence-corrected chi connectivity index (χ0v) is 10.7. The number of alkyl halides is 2. The lowest BCUT2D eigenvalue weighted by Gasteiger charge is -2.03. The van der Waals surface area contributed by atoms with Gasteiger partial charge in [-0.05, 0) is 12.8 Å². The van der Waals surface area contributed by atoms with E-state index >= 15 is 0 Å². The van der Waals surface area contributed by atoms with Crippen molar-refractivity contribution in [1.82, 2.24) is 10.6 Å². The van der Waals surface area contributed by atoms with E-state index in [2.05, 4.69) is 10.6 Å². The standard InChI is InChI=1S/C10H18Cl2N2O2/c11-5-7-13-9(15)3-1-2-4-10(16)14-8-6-12/h1-8H2,(H,13,15)(H,14,16). The van der Waals surface area contributed by atoms with Crippen molar-refractivity contribution in [2.45, 2.75) is 25.7 Å². The number of carbonyl (C=O) groups is 2. The van der Waals surface area contributed by atoms with Crippen molar-refractivity contribution < 1.29 is 9.59 Å². The third-order valence-corrected chi connectivity index (χ3v) is 2.27. The first-order chi connectivity index (χ1) is 7.70. The molecule has 0 heterocycles. The molecule has 94 valence electrons. The minimum Gasteiger partial charge on any atom is -0.355 e. The second kappa shape index (κ2) is 11.0. The van der Waals surface area contributed by atoms with Gasteiger partial charge >= 0.3 is 0 Å². The van der Waals surface area contributed by atoms with E-state index in [9.17, 15) is 9.59 Å². The summed E-state index contributed by atoms with van der Waals surface area (Å²) < 4.78 is 0. The van der Waals surface area contributed by atoms with Gasteiger partial charge in [0.1, 0.15) is 0 Å². The van der Waals surface area contributed by atoms with E-state index in [-0.39, 0.29) is 11.8 Å². The van der Waals surface area contributed by atoms with Crippen molar-refractivity contribution in [2.75, 3.05) is 24.8 Å². The van der Waals surface area contributed by atoms with Crippen LogP contribution in [0.4, 0.5) is 0 Å². The average molecular weight is 269 g/mol. The fraction of sp³-hybridized carbons (Fsp3) is 0.800. The summed E-state index contributed by atoms with van der Waals surface area (Å²) in [6, 6.07) is 0. The minimum atomic E-state index is -0.0122. The highest BCUT2D eigenvalue weighted by Crippen LogP contribution is 1.99. The second-order valence-electron chi connectivity index (χ2n) is 3.28. The van der Waals surface area contributed by atoms with Crippen molar-refractivity contribution in [3.63, 3.8) is 0 Å². The Morgan fingerprint density at radius 2 is 1.19 bits per heavy atom. The van der Waals surface area contributed by atoms with Gasteiger partial charge in [-0.3, -0.25) is 9.59 Å². The maximum atomic E-state index is 11.1. The van der Waals surface area contributed by atoms with Crippen LogP contribution in [0.1, 0.15) is 25.7 Å². The fourth-order valence-electron chi connectivity index (χ4n) is 1.12. The molecule has 0 atom stereocenters. The van der Waals surface area contributed by atoms with Gasteiger partial charge in [0.25, 0.3) is 0 Å². The van der Waals surface area contributed by atoms with Crippen LogP contribution in [0.5, 0.6) is 0 Å². The molecule has 0 aliphatic heterocycles. The molecule has 0 aromatic heterocycles.